The van der Waals surface area contributed by atoms with Crippen molar-refractivity contribution in [3.05, 3.63) is 35.4 Å². The summed E-state index contributed by atoms with van der Waals surface area (Å²) in [7, 11) is 0. The van der Waals surface area contributed by atoms with Crippen LogP contribution in [0.2, 0.25) is 0 Å². The molecule has 0 spiro atoms. The summed E-state index contributed by atoms with van der Waals surface area (Å²) in [6.45, 7) is 3.18. The fraction of sp³-hybridized carbons (Fsp3) is 0.588. The second-order valence-electron chi connectivity index (χ2n) is 6.26. The number of alkyl halides is 3. The molecule has 0 saturated carbocycles. The van der Waals surface area contributed by atoms with Crippen LogP contribution in [0.15, 0.2) is 24.3 Å². The summed E-state index contributed by atoms with van der Waals surface area (Å²) in [5, 5.41) is 9.21. The standard InChI is InChI=1S/C17H22F3NO2/c1-12(14-4-6-15(7-5-14)17(18,19)20)9-16(23)21-8-2-3-13(10-21)11-22/h4-7,12-13,22H,2-3,8-11H2,1H3. The van der Waals surface area contributed by atoms with Crippen LogP contribution in [0.1, 0.15) is 43.2 Å². The van der Waals surface area contributed by atoms with Crippen molar-refractivity contribution in [2.24, 2.45) is 5.92 Å². The molecule has 23 heavy (non-hydrogen) atoms. The van der Waals surface area contributed by atoms with E-state index in [1.807, 2.05) is 6.92 Å². The number of rotatable bonds is 4. The van der Waals surface area contributed by atoms with Crippen LogP contribution in [0.4, 0.5) is 13.2 Å². The van der Waals surface area contributed by atoms with Gasteiger partial charge in [0.15, 0.2) is 0 Å². The van der Waals surface area contributed by atoms with Gasteiger partial charge in [0.1, 0.15) is 0 Å². The second kappa shape index (κ2) is 7.34. The van der Waals surface area contributed by atoms with E-state index >= 15 is 0 Å². The molecule has 1 heterocycles. The van der Waals surface area contributed by atoms with E-state index in [0.717, 1.165) is 30.5 Å². The molecule has 0 bridgehead atoms. The minimum Gasteiger partial charge on any atom is -0.396 e. The van der Waals surface area contributed by atoms with Crippen molar-refractivity contribution in [2.75, 3.05) is 19.7 Å². The molecule has 1 N–H and O–H groups in total. The zero-order valence-electron chi connectivity index (χ0n) is 13.1. The fourth-order valence-corrected chi connectivity index (χ4v) is 2.95. The zero-order valence-corrected chi connectivity index (χ0v) is 13.1. The molecular weight excluding hydrogens is 307 g/mol. The van der Waals surface area contributed by atoms with Crippen LogP contribution in [0, 0.1) is 5.92 Å². The zero-order chi connectivity index (χ0) is 17.0. The van der Waals surface area contributed by atoms with Gasteiger partial charge in [-0.25, -0.2) is 0 Å². The molecule has 3 nitrogen and oxygen atoms in total. The number of hydrogen-bond acceptors (Lipinski definition) is 2. The molecule has 6 heteroatoms. The quantitative estimate of drug-likeness (QED) is 0.919. The third kappa shape index (κ3) is 4.70. The number of nitrogens with zero attached hydrogens (tertiary/aromatic N) is 1. The Morgan fingerprint density at radius 2 is 2.00 bits per heavy atom. The molecule has 1 aromatic rings. The van der Waals surface area contributed by atoms with Gasteiger partial charge in [0.2, 0.25) is 5.91 Å². The Hall–Kier alpha value is -1.56. The largest absolute Gasteiger partial charge is 0.416 e. The van der Waals surface area contributed by atoms with Crippen LogP contribution in [0.5, 0.6) is 0 Å². The van der Waals surface area contributed by atoms with Gasteiger partial charge in [0.05, 0.1) is 5.56 Å². The minimum absolute atomic E-state index is 0.00412. The topological polar surface area (TPSA) is 40.5 Å². The summed E-state index contributed by atoms with van der Waals surface area (Å²) >= 11 is 0. The Morgan fingerprint density at radius 1 is 1.35 bits per heavy atom. The molecule has 1 aliphatic heterocycles. The Morgan fingerprint density at radius 3 is 2.57 bits per heavy atom. The monoisotopic (exact) mass is 329 g/mol. The first-order valence-electron chi connectivity index (χ1n) is 7.87. The number of benzene rings is 1. The maximum Gasteiger partial charge on any atom is 0.416 e. The van der Waals surface area contributed by atoms with Crippen LogP contribution in [-0.2, 0) is 11.0 Å². The maximum absolute atomic E-state index is 12.6. The summed E-state index contributed by atoms with van der Waals surface area (Å²) in [5.41, 5.74) is 0.0451. The van der Waals surface area contributed by atoms with Gasteiger partial charge in [-0.05, 0) is 42.4 Å². The molecular formula is C17H22F3NO2. The SMILES string of the molecule is CC(CC(=O)N1CCCC(CO)C1)c1ccc(C(F)(F)F)cc1. The molecule has 2 atom stereocenters. The highest BCUT2D eigenvalue weighted by molar-refractivity contribution is 5.77. The fourth-order valence-electron chi connectivity index (χ4n) is 2.95. The number of amides is 1. The highest BCUT2D eigenvalue weighted by atomic mass is 19.4. The molecule has 2 rings (SSSR count). The van der Waals surface area contributed by atoms with Gasteiger partial charge in [-0.3, -0.25) is 4.79 Å². The van der Waals surface area contributed by atoms with Crippen molar-refractivity contribution < 1.29 is 23.1 Å². The molecule has 0 radical (unpaired) electrons. The highest BCUT2D eigenvalue weighted by Gasteiger charge is 2.30. The molecule has 1 fully saturated rings. The average Bonchev–Trinajstić information content (AvgIpc) is 2.54. The normalized spacial score (nSPS) is 20.4. The molecule has 0 aliphatic carbocycles. The minimum atomic E-state index is -4.34. The van der Waals surface area contributed by atoms with Gasteiger partial charge < -0.3 is 10.0 Å². The van der Waals surface area contributed by atoms with Crippen molar-refractivity contribution in [1.29, 1.82) is 0 Å². The second-order valence-corrected chi connectivity index (χ2v) is 6.26. The van der Waals surface area contributed by atoms with Gasteiger partial charge in [-0.1, -0.05) is 19.1 Å². The first kappa shape index (κ1) is 17.8. The van der Waals surface area contributed by atoms with Crippen molar-refractivity contribution in [3.63, 3.8) is 0 Å². The Kier molecular flexibility index (Phi) is 5.68. The number of carbonyl (C=O) groups excluding carboxylic acids is 1. The molecule has 0 aromatic heterocycles. The molecule has 1 aromatic carbocycles. The van der Waals surface area contributed by atoms with E-state index < -0.39 is 11.7 Å². The number of likely N-dealkylation sites (tertiary alicyclic amines) is 1. The van der Waals surface area contributed by atoms with Crippen LogP contribution < -0.4 is 0 Å². The summed E-state index contributed by atoms with van der Waals surface area (Å²) in [5.74, 6) is -0.0103. The van der Waals surface area contributed by atoms with E-state index in [1.54, 1.807) is 4.90 Å². The Balaban J connectivity index is 1.95. The lowest BCUT2D eigenvalue weighted by molar-refractivity contribution is -0.137. The number of piperidine rings is 1. The number of aliphatic hydroxyl groups is 1. The third-order valence-electron chi connectivity index (χ3n) is 4.42. The summed E-state index contributed by atoms with van der Waals surface area (Å²) in [6.07, 6.45) is -2.27. The predicted octanol–water partition coefficient (Wildman–Crippen LogP) is 3.43. The molecule has 2 unspecified atom stereocenters. The van der Waals surface area contributed by atoms with E-state index in [2.05, 4.69) is 0 Å². The van der Waals surface area contributed by atoms with Crippen LogP contribution >= 0.6 is 0 Å². The Labute approximate surface area is 134 Å². The van der Waals surface area contributed by atoms with E-state index in [9.17, 15) is 23.1 Å². The maximum atomic E-state index is 12.6. The van der Waals surface area contributed by atoms with E-state index in [4.69, 9.17) is 0 Å². The highest BCUT2D eigenvalue weighted by Crippen LogP contribution is 2.31. The van der Waals surface area contributed by atoms with Crippen LogP contribution in [-0.4, -0.2) is 35.6 Å². The van der Waals surface area contributed by atoms with Crippen LogP contribution in [0.25, 0.3) is 0 Å². The molecule has 1 saturated heterocycles. The number of carbonyl (C=O) groups is 1. The Bertz CT molecular complexity index is 528. The first-order valence-corrected chi connectivity index (χ1v) is 7.87. The molecule has 1 amide bonds. The summed E-state index contributed by atoms with van der Waals surface area (Å²) in [6, 6.07) is 4.99. The van der Waals surface area contributed by atoms with Crippen molar-refractivity contribution in [3.8, 4) is 0 Å². The molecule has 128 valence electrons. The van der Waals surface area contributed by atoms with Crippen molar-refractivity contribution in [1.82, 2.24) is 4.90 Å². The third-order valence-corrected chi connectivity index (χ3v) is 4.42. The lowest BCUT2D eigenvalue weighted by Gasteiger charge is -2.32. The van der Waals surface area contributed by atoms with E-state index in [1.165, 1.54) is 12.1 Å². The number of halogens is 3. The van der Waals surface area contributed by atoms with Crippen LogP contribution in [0.3, 0.4) is 0 Å². The van der Waals surface area contributed by atoms with E-state index in [-0.39, 0.29) is 30.8 Å². The molecule has 1 aliphatic rings. The lowest BCUT2D eigenvalue weighted by Crippen LogP contribution is -2.41. The lowest BCUT2D eigenvalue weighted by atomic mass is 9.94. The van der Waals surface area contributed by atoms with Gasteiger partial charge in [0.25, 0.3) is 0 Å². The van der Waals surface area contributed by atoms with Gasteiger partial charge in [-0.2, -0.15) is 13.2 Å². The van der Waals surface area contributed by atoms with Gasteiger partial charge in [0, 0.05) is 26.1 Å². The first-order chi connectivity index (χ1) is 10.8. The summed E-state index contributed by atoms with van der Waals surface area (Å²) in [4.78, 5) is 14.1. The van der Waals surface area contributed by atoms with Crippen molar-refractivity contribution in [2.45, 2.75) is 38.3 Å². The smallest absolute Gasteiger partial charge is 0.396 e. The summed E-state index contributed by atoms with van der Waals surface area (Å²) < 4.78 is 37.7. The van der Waals surface area contributed by atoms with Gasteiger partial charge in [-0.15, -0.1) is 0 Å². The van der Waals surface area contributed by atoms with Crippen molar-refractivity contribution >= 4 is 5.91 Å². The van der Waals surface area contributed by atoms with E-state index in [0.29, 0.717) is 13.1 Å². The average molecular weight is 329 g/mol. The predicted molar refractivity (Wildman–Crippen MR) is 80.9 cm³/mol. The number of aliphatic hydroxyl groups excluding tert-OH is 1. The number of hydrogen-bond donors (Lipinski definition) is 1. The van der Waals surface area contributed by atoms with Gasteiger partial charge >= 0.3 is 6.18 Å².